The van der Waals surface area contributed by atoms with E-state index in [2.05, 4.69) is 27.4 Å². The zero-order valence-corrected chi connectivity index (χ0v) is 19.6. The highest BCUT2D eigenvalue weighted by Crippen LogP contribution is 2.57. The number of alkyl halides is 2. The Balaban J connectivity index is 1.22. The van der Waals surface area contributed by atoms with Gasteiger partial charge in [-0.15, -0.1) is 0 Å². The van der Waals surface area contributed by atoms with Crippen molar-refractivity contribution in [2.45, 2.75) is 60.1 Å². The van der Waals surface area contributed by atoms with Crippen LogP contribution in [-0.4, -0.2) is 49.8 Å². The van der Waals surface area contributed by atoms with E-state index in [4.69, 9.17) is 11.6 Å². The molecule has 4 aliphatic rings. The number of halogens is 3. The fourth-order valence-electron chi connectivity index (χ4n) is 5.73. The summed E-state index contributed by atoms with van der Waals surface area (Å²) >= 11 is 6.00. The smallest absolute Gasteiger partial charge is 0.331 e. The minimum Gasteiger partial charge on any atom is -0.394 e. The van der Waals surface area contributed by atoms with Gasteiger partial charge in [0.05, 0.1) is 24.3 Å². The van der Waals surface area contributed by atoms with Gasteiger partial charge < -0.3 is 15.3 Å². The standard InChI is InChI=1S/C23H25ClF2N4O2S/c24-16-4-2-14(3-5-16)15-8-21(9-15)11-30(12-21)20-27-17-10-23(25,26)33(32)18(17)19(28-20)29-22(13-31)6-1-7-22/h2-5,15,31H,1,6-13H2,(H,27,28,29)/t33-/m0/s1. The van der Waals surface area contributed by atoms with E-state index in [1.165, 1.54) is 5.56 Å². The van der Waals surface area contributed by atoms with Crippen molar-refractivity contribution in [1.29, 1.82) is 0 Å². The third-order valence-electron chi connectivity index (χ3n) is 7.79. The SMILES string of the molecule is O=[S@]1c2c(nc(N3CC4(CC(c5ccc(Cl)cc5)C4)C3)nc2NC2(CO)CCC2)CC1(F)F. The van der Waals surface area contributed by atoms with Crippen LogP contribution in [0.1, 0.15) is 49.3 Å². The first-order valence-electron chi connectivity index (χ1n) is 11.3. The van der Waals surface area contributed by atoms with Crippen LogP contribution in [0.5, 0.6) is 0 Å². The second kappa shape index (κ2) is 7.33. The Morgan fingerprint density at radius 3 is 2.48 bits per heavy atom. The molecule has 2 aliphatic heterocycles. The molecule has 2 aromatic rings. The van der Waals surface area contributed by atoms with Gasteiger partial charge in [0.1, 0.15) is 21.5 Å². The van der Waals surface area contributed by atoms with Crippen LogP contribution in [0.4, 0.5) is 20.5 Å². The Bertz CT molecular complexity index is 1120. The molecule has 176 valence electrons. The van der Waals surface area contributed by atoms with Crippen LogP contribution in [0.15, 0.2) is 29.2 Å². The molecule has 2 aliphatic carbocycles. The van der Waals surface area contributed by atoms with Crippen LogP contribution < -0.4 is 10.2 Å². The molecule has 3 fully saturated rings. The van der Waals surface area contributed by atoms with Crippen molar-refractivity contribution in [3.05, 3.63) is 40.5 Å². The lowest BCUT2D eigenvalue weighted by Crippen LogP contribution is -2.62. The predicted molar refractivity (Wildman–Crippen MR) is 122 cm³/mol. The second-order valence-electron chi connectivity index (χ2n) is 10.2. The van der Waals surface area contributed by atoms with Gasteiger partial charge in [0.2, 0.25) is 5.95 Å². The maximum absolute atomic E-state index is 14.3. The monoisotopic (exact) mass is 494 g/mol. The maximum atomic E-state index is 14.3. The molecule has 33 heavy (non-hydrogen) atoms. The van der Waals surface area contributed by atoms with E-state index < -0.39 is 28.0 Å². The topological polar surface area (TPSA) is 78.4 Å². The predicted octanol–water partition coefficient (Wildman–Crippen LogP) is 4.10. The molecule has 0 radical (unpaired) electrons. The van der Waals surface area contributed by atoms with Crippen molar-refractivity contribution >= 4 is 34.2 Å². The van der Waals surface area contributed by atoms with Crippen LogP contribution in [0, 0.1) is 5.41 Å². The van der Waals surface area contributed by atoms with E-state index in [1.807, 2.05) is 17.0 Å². The molecular formula is C23H25ClF2N4O2S. The van der Waals surface area contributed by atoms with Crippen molar-refractivity contribution in [3.63, 3.8) is 0 Å². The van der Waals surface area contributed by atoms with E-state index >= 15 is 0 Å². The molecule has 2 N–H and O–H groups in total. The maximum Gasteiger partial charge on any atom is 0.331 e. The molecule has 10 heteroatoms. The lowest BCUT2D eigenvalue weighted by molar-refractivity contribution is 0.0619. The number of benzene rings is 1. The highest BCUT2D eigenvalue weighted by molar-refractivity contribution is 7.86. The molecule has 6 rings (SSSR count). The number of aliphatic hydroxyl groups excluding tert-OH is 1. The molecule has 1 aromatic carbocycles. The largest absolute Gasteiger partial charge is 0.394 e. The summed E-state index contributed by atoms with van der Waals surface area (Å²) < 4.78 is 41.1. The first kappa shape index (κ1) is 21.7. The Morgan fingerprint density at radius 1 is 1.18 bits per heavy atom. The first-order valence-corrected chi connectivity index (χ1v) is 12.8. The van der Waals surface area contributed by atoms with Gasteiger partial charge in [-0.3, -0.25) is 0 Å². The molecular weight excluding hydrogens is 470 g/mol. The average molecular weight is 495 g/mol. The third kappa shape index (κ3) is 3.46. The molecule has 1 spiro atoms. The second-order valence-corrected chi connectivity index (χ2v) is 12.1. The number of hydrogen-bond donors (Lipinski definition) is 2. The van der Waals surface area contributed by atoms with Gasteiger partial charge in [-0.05, 0) is 55.7 Å². The summed E-state index contributed by atoms with van der Waals surface area (Å²) in [5.41, 5.74) is 1.06. The minimum atomic E-state index is -3.35. The van der Waals surface area contributed by atoms with Gasteiger partial charge in [0, 0.05) is 23.5 Å². The van der Waals surface area contributed by atoms with Gasteiger partial charge in [-0.2, -0.15) is 13.8 Å². The fourth-order valence-corrected chi connectivity index (χ4v) is 7.03. The van der Waals surface area contributed by atoms with Gasteiger partial charge in [0.25, 0.3) is 0 Å². The number of nitrogens with one attached hydrogen (secondary N) is 1. The average Bonchev–Trinajstić information content (AvgIpc) is 2.92. The fraction of sp³-hybridized carbons (Fsp3) is 0.565. The third-order valence-corrected chi connectivity index (χ3v) is 9.52. The molecule has 6 nitrogen and oxygen atoms in total. The van der Waals surface area contributed by atoms with E-state index in [-0.39, 0.29) is 28.4 Å². The molecule has 3 heterocycles. The summed E-state index contributed by atoms with van der Waals surface area (Å²) in [5.74, 6) is 1.10. The number of rotatable bonds is 5. The molecule has 1 saturated heterocycles. The van der Waals surface area contributed by atoms with Crippen LogP contribution >= 0.6 is 11.6 Å². The number of aliphatic hydroxyl groups is 1. The lowest BCUT2D eigenvalue weighted by Gasteiger charge is -2.59. The molecule has 1 atom stereocenters. The zero-order valence-electron chi connectivity index (χ0n) is 18.0. The van der Waals surface area contributed by atoms with Crippen molar-refractivity contribution in [1.82, 2.24) is 9.97 Å². The van der Waals surface area contributed by atoms with Gasteiger partial charge in [-0.1, -0.05) is 23.7 Å². The van der Waals surface area contributed by atoms with Crippen LogP contribution in [0.2, 0.25) is 5.02 Å². The van der Waals surface area contributed by atoms with Gasteiger partial charge in [-0.25, -0.2) is 9.19 Å². The number of anilines is 2. The van der Waals surface area contributed by atoms with Gasteiger partial charge >= 0.3 is 5.25 Å². The Kier molecular flexibility index (Phi) is 4.81. The van der Waals surface area contributed by atoms with E-state index in [0.29, 0.717) is 11.9 Å². The summed E-state index contributed by atoms with van der Waals surface area (Å²) in [6.07, 6.45) is 3.87. The number of hydrogen-bond acceptors (Lipinski definition) is 6. The highest BCUT2D eigenvalue weighted by atomic mass is 35.5. The van der Waals surface area contributed by atoms with Gasteiger partial charge in [0.15, 0.2) is 0 Å². The van der Waals surface area contributed by atoms with Crippen LogP contribution in [0.3, 0.4) is 0 Å². The van der Waals surface area contributed by atoms with E-state index in [0.717, 1.165) is 50.2 Å². The Labute approximate surface area is 198 Å². The van der Waals surface area contributed by atoms with Crippen molar-refractivity contribution in [3.8, 4) is 0 Å². The van der Waals surface area contributed by atoms with Crippen LogP contribution in [0.25, 0.3) is 0 Å². The lowest BCUT2D eigenvalue weighted by atomic mass is 9.56. The summed E-state index contributed by atoms with van der Waals surface area (Å²) in [4.78, 5) is 11.0. The summed E-state index contributed by atoms with van der Waals surface area (Å²) in [5, 5.41) is 10.4. The highest BCUT2D eigenvalue weighted by Gasteiger charge is 2.54. The zero-order chi connectivity index (χ0) is 23.0. The van der Waals surface area contributed by atoms with Crippen molar-refractivity contribution in [2.24, 2.45) is 5.41 Å². The molecule has 0 amide bonds. The summed E-state index contributed by atoms with van der Waals surface area (Å²) in [6.45, 7) is 1.43. The van der Waals surface area contributed by atoms with Crippen molar-refractivity contribution in [2.75, 3.05) is 29.9 Å². The molecule has 0 bridgehead atoms. The van der Waals surface area contributed by atoms with Crippen LogP contribution in [-0.2, 0) is 17.2 Å². The first-order chi connectivity index (χ1) is 15.7. The number of aromatic nitrogens is 2. The molecule has 1 aromatic heterocycles. The van der Waals surface area contributed by atoms with Crippen molar-refractivity contribution < 1.29 is 18.1 Å². The Hall–Kier alpha value is -1.84. The quantitative estimate of drug-likeness (QED) is 0.651. The summed E-state index contributed by atoms with van der Waals surface area (Å²) in [7, 11) is -2.50. The normalized spacial score (nSPS) is 26.3. The molecule has 2 saturated carbocycles. The summed E-state index contributed by atoms with van der Waals surface area (Å²) in [6, 6.07) is 8.00. The Morgan fingerprint density at radius 2 is 1.88 bits per heavy atom. The number of fused-ring (bicyclic) bond motifs is 1. The number of nitrogens with zero attached hydrogens (tertiary/aromatic N) is 3. The molecule has 0 unspecified atom stereocenters. The van der Waals surface area contributed by atoms with E-state index in [9.17, 15) is 18.1 Å². The van der Waals surface area contributed by atoms with E-state index in [1.54, 1.807) is 0 Å². The minimum absolute atomic E-state index is 0.00911.